The summed E-state index contributed by atoms with van der Waals surface area (Å²) in [6.07, 6.45) is 3.77. The van der Waals surface area contributed by atoms with Crippen LogP contribution in [0.1, 0.15) is 29.7 Å². The van der Waals surface area contributed by atoms with Crippen LogP contribution in [0, 0.1) is 0 Å². The fourth-order valence-electron chi connectivity index (χ4n) is 3.54. The molecular weight excluding hydrogens is 366 g/mol. The van der Waals surface area contributed by atoms with Gasteiger partial charge in [-0.3, -0.25) is 4.79 Å². The molecule has 1 aliphatic rings. The van der Waals surface area contributed by atoms with Crippen LogP contribution >= 0.6 is 0 Å². The van der Waals surface area contributed by atoms with E-state index in [0.29, 0.717) is 16.9 Å². The largest absolute Gasteiger partial charge is 0.440 e. The minimum atomic E-state index is -1.86. The number of carbonyl (C=O) groups is 1. The number of benzene rings is 2. The van der Waals surface area contributed by atoms with E-state index in [1.54, 1.807) is 48.5 Å². The molecule has 0 aliphatic carbocycles. The molecule has 0 saturated carbocycles. The lowest BCUT2D eigenvalue weighted by atomic mass is 9.85. The molecule has 1 saturated heterocycles. The predicted molar refractivity (Wildman–Crippen MR) is 112 cm³/mol. The second kappa shape index (κ2) is 8.32. The maximum absolute atomic E-state index is 13.0. The molecule has 0 unspecified atom stereocenters. The normalized spacial score (nSPS) is 14.4. The minimum Gasteiger partial charge on any atom is -0.440 e. The number of hydrogen-bond donors (Lipinski definition) is 2. The van der Waals surface area contributed by atoms with Crippen LogP contribution in [0.2, 0.25) is 0 Å². The van der Waals surface area contributed by atoms with Gasteiger partial charge in [0.15, 0.2) is 11.5 Å². The number of amides is 1. The van der Waals surface area contributed by atoms with Crippen LogP contribution in [0.4, 0.5) is 5.88 Å². The Morgan fingerprint density at radius 1 is 0.966 bits per heavy atom. The lowest BCUT2D eigenvalue weighted by molar-refractivity contribution is -0.136. The summed E-state index contributed by atoms with van der Waals surface area (Å²) in [6.45, 7) is 1.98. The Morgan fingerprint density at radius 3 is 2.14 bits per heavy atom. The predicted octanol–water partition coefficient (Wildman–Crippen LogP) is 3.27. The van der Waals surface area contributed by atoms with Gasteiger partial charge in [0.25, 0.3) is 5.91 Å². The lowest BCUT2D eigenvalue weighted by Crippen LogP contribution is -2.43. The fourth-order valence-corrected chi connectivity index (χ4v) is 3.54. The van der Waals surface area contributed by atoms with Crippen molar-refractivity contribution in [3.8, 4) is 0 Å². The second-order valence-corrected chi connectivity index (χ2v) is 7.01. The highest BCUT2D eigenvalue weighted by atomic mass is 16.4. The average Bonchev–Trinajstić information content (AvgIpc) is 3.46. The van der Waals surface area contributed by atoms with E-state index in [1.807, 2.05) is 24.3 Å². The summed E-state index contributed by atoms with van der Waals surface area (Å²) < 4.78 is 5.77. The van der Waals surface area contributed by atoms with Crippen LogP contribution in [0.15, 0.2) is 82.3 Å². The van der Waals surface area contributed by atoms with E-state index in [2.05, 4.69) is 15.4 Å². The number of carbonyl (C=O) groups excluding carboxylic acids is 1. The first kappa shape index (κ1) is 19.0. The van der Waals surface area contributed by atoms with Crippen molar-refractivity contribution in [3.63, 3.8) is 0 Å². The van der Waals surface area contributed by atoms with E-state index < -0.39 is 11.5 Å². The average molecular weight is 389 g/mol. The van der Waals surface area contributed by atoms with Gasteiger partial charge in [-0.15, -0.1) is 0 Å². The maximum Gasteiger partial charge on any atom is 0.281 e. The second-order valence-electron chi connectivity index (χ2n) is 7.01. The van der Waals surface area contributed by atoms with Gasteiger partial charge in [0.05, 0.1) is 6.21 Å². The highest BCUT2D eigenvalue weighted by molar-refractivity contribution is 5.90. The number of anilines is 1. The van der Waals surface area contributed by atoms with E-state index >= 15 is 0 Å². The third-order valence-corrected chi connectivity index (χ3v) is 5.10. The molecule has 2 heterocycles. The third kappa shape index (κ3) is 3.93. The van der Waals surface area contributed by atoms with Crippen LogP contribution in [0.25, 0.3) is 0 Å². The van der Waals surface area contributed by atoms with Gasteiger partial charge in [0.2, 0.25) is 0 Å². The zero-order chi connectivity index (χ0) is 20.1. The Balaban J connectivity index is 1.52. The monoisotopic (exact) mass is 389 g/mol. The van der Waals surface area contributed by atoms with E-state index in [9.17, 15) is 9.90 Å². The summed E-state index contributed by atoms with van der Waals surface area (Å²) in [6, 6.07) is 21.4. The number of hydrogen-bond acceptors (Lipinski definition) is 5. The highest BCUT2D eigenvalue weighted by Gasteiger charge is 2.39. The van der Waals surface area contributed by atoms with Crippen LogP contribution in [0.5, 0.6) is 0 Å². The Morgan fingerprint density at radius 2 is 1.55 bits per heavy atom. The van der Waals surface area contributed by atoms with Gasteiger partial charge in [-0.1, -0.05) is 60.7 Å². The molecule has 0 bridgehead atoms. The van der Waals surface area contributed by atoms with Crippen molar-refractivity contribution in [2.75, 3.05) is 18.0 Å². The topological polar surface area (TPSA) is 78.1 Å². The minimum absolute atomic E-state index is 0.466. The van der Waals surface area contributed by atoms with Crippen LogP contribution < -0.4 is 10.3 Å². The molecule has 148 valence electrons. The molecule has 0 radical (unpaired) electrons. The van der Waals surface area contributed by atoms with E-state index in [0.717, 1.165) is 31.8 Å². The van der Waals surface area contributed by atoms with Gasteiger partial charge >= 0.3 is 0 Å². The molecule has 3 aromatic rings. The molecule has 1 amide bonds. The molecule has 0 atom stereocenters. The lowest BCUT2D eigenvalue weighted by Gasteiger charge is -2.26. The molecule has 29 heavy (non-hydrogen) atoms. The van der Waals surface area contributed by atoms with Crippen LogP contribution in [0.3, 0.4) is 0 Å². The molecule has 6 nitrogen and oxygen atoms in total. The van der Waals surface area contributed by atoms with Gasteiger partial charge in [-0.25, -0.2) is 5.43 Å². The number of hydrazone groups is 1. The molecule has 1 aliphatic heterocycles. The van der Waals surface area contributed by atoms with Crippen molar-refractivity contribution >= 4 is 18.0 Å². The van der Waals surface area contributed by atoms with E-state index in [-0.39, 0.29) is 0 Å². The number of nitrogens with one attached hydrogen (secondary N) is 1. The molecule has 1 fully saturated rings. The summed E-state index contributed by atoms with van der Waals surface area (Å²) in [5.41, 5.74) is 1.53. The van der Waals surface area contributed by atoms with Gasteiger partial charge in [0, 0.05) is 19.2 Å². The molecule has 6 heteroatoms. The van der Waals surface area contributed by atoms with Crippen LogP contribution in [-0.2, 0) is 10.4 Å². The standard InChI is InChI=1S/C23H23N3O3/c27-22(25-24-17-20-13-14-21(29-20)26-15-7-8-16-26)23(28,18-9-3-1-4-10-18)19-11-5-2-6-12-19/h1-6,9-14,17,28H,7-8,15-16H2,(H,25,27)/b24-17-. The quantitative estimate of drug-likeness (QED) is 0.501. The number of nitrogens with zero attached hydrogens (tertiary/aromatic N) is 2. The Kier molecular flexibility index (Phi) is 5.44. The van der Waals surface area contributed by atoms with Gasteiger partial charge in [-0.05, 0) is 30.0 Å². The SMILES string of the molecule is O=C(N/N=C\c1ccc(N2CCCC2)o1)C(O)(c1ccccc1)c1ccccc1. The summed E-state index contributed by atoms with van der Waals surface area (Å²) in [7, 11) is 0. The van der Waals surface area contributed by atoms with Gasteiger partial charge in [0.1, 0.15) is 5.76 Å². The first-order valence-electron chi connectivity index (χ1n) is 9.69. The summed E-state index contributed by atoms with van der Waals surface area (Å²) in [5.74, 6) is 0.702. The highest BCUT2D eigenvalue weighted by Crippen LogP contribution is 2.30. The van der Waals surface area contributed by atoms with Crippen molar-refractivity contribution in [3.05, 3.63) is 89.7 Å². The van der Waals surface area contributed by atoms with Gasteiger partial charge < -0.3 is 14.4 Å². The molecular formula is C23H23N3O3. The molecule has 2 N–H and O–H groups in total. The maximum atomic E-state index is 13.0. The van der Waals surface area contributed by atoms with Gasteiger partial charge in [-0.2, -0.15) is 5.10 Å². The number of aliphatic hydroxyl groups is 1. The Bertz CT molecular complexity index is 937. The van der Waals surface area contributed by atoms with Crippen molar-refractivity contribution in [2.24, 2.45) is 5.10 Å². The smallest absolute Gasteiger partial charge is 0.281 e. The van der Waals surface area contributed by atoms with E-state index in [4.69, 9.17) is 4.42 Å². The van der Waals surface area contributed by atoms with Crippen molar-refractivity contribution in [2.45, 2.75) is 18.4 Å². The van der Waals surface area contributed by atoms with E-state index in [1.165, 1.54) is 6.21 Å². The Labute approximate surface area is 169 Å². The molecule has 4 rings (SSSR count). The summed E-state index contributed by atoms with van der Waals surface area (Å²) in [4.78, 5) is 15.1. The summed E-state index contributed by atoms with van der Waals surface area (Å²) >= 11 is 0. The van der Waals surface area contributed by atoms with Crippen molar-refractivity contribution < 1.29 is 14.3 Å². The molecule has 2 aromatic carbocycles. The third-order valence-electron chi connectivity index (χ3n) is 5.10. The fraction of sp³-hybridized carbons (Fsp3) is 0.217. The summed E-state index contributed by atoms with van der Waals surface area (Å²) in [5, 5.41) is 15.4. The van der Waals surface area contributed by atoms with Crippen molar-refractivity contribution in [1.82, 2.24) is 5.43 Å². The zero-order valence-electron chi connectivity index (χ0n) is 16.0. The van der Waals surface area contributed by atoms with Crippen LogP contribution in [-0.4, -0.2) is 30.3 Å². The molecule has 1 aromatic heterocycles. The number of furan rings is 1. The molecule has 0 spiro atoms. The Hall–Kier alpha value is -3.38. The number of rotatable bonds is 6. The first-order chi connectivity index (χ1) is 14.2. The van der Waals surface area contributed by atoms with Crippen molar-refractivity contribution in [1.29, 1.82) is 0 Å². The first-order valence-corrected chi connectivity index (χ1v) is 9.69. The zero-order valence-corrected chi connectivity index (χ0v) is 16.0.